The van der Waals surface area contributed by atoms with Crippen molar-refractivity contribution in [2.75, 3.05) is 19.7 Å². The topological polar surface area (TPSA) is 38.5 Å². The molecule has 1 atom stereocenters. The van der Waals surface area contributed by atoms with Crippen LogP contribution in [0.2, 0.25) is 0 Å². The third kappa shape index (κ3) is 6.41. The Hall–Kier alpha value is -1.23. The fourth-order valence-electron chi connectivity index (χ4n) is 3.39. The molecule has 27 heavy (non-hydrogen) atoms. The molecular formula is C21H32Cl2N2O2. The summed E-state index contributed by atoms with van der Waals surface area (Å²) < 4.78 is 11.6. The lowest BCUT2D eigenvalue weighted by molar-refractivity contribution is 0.271. The Balaban J connectivity index is 0.00000182. The fourth-order valence-corrected chi connectivity index (χ4v) is 3.39. The lowest BCUT2D eigenvalue weighted by Crippen LogP contribution is -2.29. The molecular weight excluding hydrogens is 383 g/mol. The molecule has 1 aromatic carbocycles. The van der Waals surface area contributed by atoms with Gasteiger partial charge < -0.3 is 14.1 Å². The summed E-state index contributed by atoms with van der Waals surface area (Å²) in [6.45, 7) is 9.55. The number of rotatable bonds is 8. The summed E-state index contributed by atoms with van der Waals surface area (Å²) in [7, 11) is 0. The maximum Gasteiger partial charge on any atom is 0.226 e. The number of aryl methyl sites for hydroxylation is 1. The van der Waals surface area contributed by atoms with Crippen molar-refractivity contribution in [2.45, 2.75) is 58.9 Å². The van der Waals surface area contributed by atoms with Gasteiger partial charge in [-0.3, -0.25) is 0 Å². The predicted octanol–water partition coefficient (Wildman–Crippen LogP) is 5.70. The quantitative estimate of drug-likeness (QED) is 0.519. The highest BCUT2D eigenvalue weighted by Gasteiger charge is 2.21. The zero-order valence-corrected chi connectivity index (χ0v) is 18.2. The van der Waals surface area contributed by atoms with E-state index < -0.39 is 0 Å². The molecule has 0 N–H and O–H groups in total. The number of benzene rings is 1. The first-order chi connectivity index (χ1) is 12.2. The molecule has 0 spiro atoms. The molecule has 0 saturated carbocycles. The van der Waals surface area contributed by atoms with Crippen LogP contribution in [0.15, 0.2) is 28.7 Å². The molecule has 2 aromatic rings. The van der Waals surface area contributed by atoms with Gasteiger partial charge in [0.25, 0.3) is 0 Å². The Morgan fingerprint density at radius 3 is 2.59 bits per heavy atom. The van der Waals surface area contributed by atoms with E-state index in [4.69, 9.17) is 14.1 Å². The highest BCUT2D eigenvalue weighted by Crippen LogP contribution is 2.25. The first-order valence-corrected chi connectivity index (χ1v) is 9.61. The highest BCUT2D eigenvalue weighted by molar-refractivity contribution is 5.85. The fraction of sp³-hybridized carbons (Fsp3) is 0.571. The first-order valence-electron chi connectivity index (χ1n) is 9.61. The van der Waals surface area contributed by atoms with Gasteiger partial charge in [-0.05, 0) is 63.9 Å². The number of halogens is 2. The summed E-state index contributed by atoms with van der Waals surface area (Å²) in [6.07, 6.45) is 5.82. The third-order valence-electron chi connectivity index (χ3n) is 5.09. The van der Waals surface area contributed by atoms with E-state index in [1.54, 1.807) is 0 Å². The van der Waals surface area contributed by atoms with E-state index in [1.165, 1.54) is 19.4 Å². The number of hydrogen-bond acceptors (Lipinski definition) is 4. The van der Waals surface area contributed by atoms with Crippen LogP contribution in [0.3, 0.4) is 0 Å². The Morgan fingerprint density at radius 2 is 1.96 bits per heavy atom. The van der Waals surface area contributed by atoms with Gasteiger partial charge in [-0.1, -0.05) is 13.3 Å². The van der Waals surface area contributed by atoms with Crippen LogP contribution in [0.1, 0.15) is 51.0 Å². The van der Waals surface area contributed by atoms with Gasteiger partial charge in [0.15, 0.2) is 0 Å². The van der Waals surface area contributed by atoms with E-state index in [-0.39, 0.29) is 24.8 Å². The van der Waals surface area contributed by atoms with E-state index >= 15 is 0 Å². The molecule has 0 bridgehead atoms. The van der Waals surface area contributed by atoms with Gasteiger partial charge >= 0.3 is 0 Å². The van der Waals surface area contributed by atoms with Gasteiger partial charge in [-0.25, -0.2) is 4.98 Å². The Morgan fingerprint density at radius 1 is 1.22 bits per heavy atom. The smallest absolute Gasteiger partial charge is 0.226 e. The second-order valence-electron chi connectivity index (χ2n) is 7.03. The van der Waals surface area contributed by atoms with Gasteiger partial charge in [-0.2, -0.15) is 0 Å². The summed E-state index contributed by atoms with van der Waals surface area (Å²) in [4.78, 5) is 7.29. The summed E-state index contributed by atoms with van der Waals surface area (Å²) in [5.41, 5.74) is 2.09. The van der Waals surface area contributed by atoms with Crippen molar-refractivity contribution < 1.29 is 9.15 Å². The van der Waals surface area contributed by atoms with E-state index in [2.05, 4.69) is 18.7 Å². The number of oxazole rings is 1. The molecule has 1 aromatic heterocycles. The van der Waals surface area contributed by atoms with Crippen molar-refractivity contribution in [1.29, 1.82) is 0 Å². The van der Waals surface area contributed by atoms with Gasteiger partial charge in [-0.15, -0.1) is 24.8 Å². The molecule has 6 heteroatoms. The standard InChI is InChI=1S/C21H30N2O2.2ClH/c1-4-5-15-24-19-10-8-18(9-11-19)21-22-20(17(3)25-21)12-14-23-13-6-7-16(23)2;;/h8-11,16H,4-7,12-15H2,1-3H3;2*1H. The number of unbranched alkanes of at least 4 members (excludes halogenated alkanes) is 1. The molecule has 0 radical (unpaired) electrons. The number of aromatic nitrogens is 1. The Kier molecular flexibility index (Phi) is 10.2. The van der Waals surface area contributed by atoms with Crippen LogP contribution in [-0.2, 0) is 6.42 Å². The molecule has 4 nitrogen and oxygen atoms in total. The average molecular weight is 415 g/mol. The van der Waals surface area contributed by atoms with Crippen molar-refractivity contribution in [3.63, 3.8) is 0 Å². The maximum atomic E-state index is 5.91. The minimum absolute atomic E-state index is 0. The average Bonchev–Trinajstić information content (AvgIpc) is 3.19. The largest absolute Gasteiger partial charge is 0.494 e. The lowest BCUT2D eigenvalue weighted by atomic mass is 10.2. The SMILES string of the molecule is CCCCOc1ccc(-c2nc(CCN3CCCC3C)c(C)o2)cc1.Cl.Cl. The summed E-state index contributed by atoms with van der Waals surface area (Å²) in [5.74, 6) is 2.55. The number of ether oxygens (including phenoxy) is 1. The van der Waals surface area contributed by atoms with E-state index in [0.717, 1.165) is 55.2 Å². The summed E-state index contributed by atoms with van der Waals surface area (Å²) >= 11 is 0. The van der Waals surface area contributed by atoms with Gasteiger partial charge in [0, 0.05) is 24.6 Å². The Bertz CT molecular complexity index is 673. The van der Waals surface area contributed by atoms with Crippen LogP contribution in [0, 0.1) is 6.92 Å². The minimum atomic E-state index is 0. The molecule has 2 heterocycles. The summed E-state index contributed by atoms with van der Waals surface area (Å²) in [6, 6.07) is 8.75. The molecule has 3 rings (SSSR count). The molecule has 1 aliphatic heterocycles. The van der Waals surface area contributed by atoms with Crippen LogP contribution in [0.5, 0.6) is 5.75 Å². The van der Waals surface area contributed by atoms with Gasteiger partial charge in [0.05, 0.1) is 12.3 Å². The molecule has 1 aliphatic rings. The van der Waals surface area contributed by atoms with E-state index in [9.17, 15) is 0 Å². The van der Waals surface area contributed by atoms with Crippen LogP contribution < -0.4 is 4.74 Å². The molecule has 1 fully saturated rings. The zero-order chi connectivity index (χ0) is 17.6. The van der Waals surface area contributed by atoms with Gasteiger partial charge in [0.1, 0.15) is 11.5 Å². The van der Waals surface area contributed by atoms with E-state index in [1.807, 2.05) is 31.2 Å². The monoisotopic (exact) mass is 414 g/mol. The van der Waals surface area contributed by atoms with Crippen molar-refractivity contribution in [3.05, 3.63) is 35.7 Å². The molecule has 0 aliphatic carbocycles. The summed E-state index contributed by atoms with van der Waals surface area (Å²) in [5, 5.41) is 0. The van der Waals surface area contributed by atoms with Gasteiger partial charge in [0.2, 0.25) is 5.89 Å². The number of hydrogen-bond donors (Lipinski definition) is 0. The second kappa shape index (κ2) is 11.6. The third-order valence-corrected chi connectivity index (χ3v) is 5.09. The van der Waals surface area contributed by atoms with Crippen molar-refractivity contribution >= 4 is 24.8 Å². The normalized spacial score (nSPS) is 16.6. The molecule has 1 saturated heterocycles. The predicted molar refractivity (Wildman–Crippen MR) is 116 cm³/mol. The van der Waals surface area contributed by atoms with Crippen molar-refractivity contribution in [1.82, 2.24) is 9.88 Å². The first kappa shape index (κ1) is 23.8. The van der Waals surface area contributed by atoms with Crippen LogP contribution in [-0.4, -0.2) is 35.6 Å². The van der Waals surface area contributed by atoms with E-state index in [0.29, 0.717) is 11.9 Å². The maximum absolute atomic E-state index is 5.91. The molecule has 152 valence electrons. The zero-order valence-electron chi connectivity index (χ0n) is 16.6. The van der Waals surface area contributed by atoms with Crippen molar-refractivity contribution in [2.24, 2.45) is 0 Å². The lowest BCUT2D eigenvalue weighted by Gasteiger charge is -2.20. The number of likely N-dealkylation sites (tertiary alicyclic amines) is 1. The van der Waals surface area contributed by atoms with Crippen LogP contribution in [0.4, 0.5) is 0 Å². The molecule has 0 amide bonds. The van der Waals surface area contributed by atoms with Crippen LogP contribution >= 0.6 is 24.8 Å². The Labute approximate surface area is 175 Å². The second-order valence-corrected chi connectivity index (χ2v) is 7.03. The minimum Gasteiger partial charge on any atom is -0.494 e. The number of nitrogens with zero attached hydrogens (tertiary/aromatic N) is 2. The van der Waals surface area contributed by atoms with Crippen LogP contribution in [0.25, 0.3) is 11.5 Å². The highest BCUT2D eigenvalue weighted by atomic mass is 35.5. The van der Waals surface area contributed by atoms with Crippen molar-refractivity contribution in [3.8, 4) is 17.2 Å². The molecule has 1 unspecified atom stereocenters.